The second-order valence-corrected chi connectivity index (χ2v) is 8.51. The molecule has 12 nitrogen and oxygen atoms in total. The molecule has 1 N–H and O–H groups in total. The molecule has 2 fully saturated rings. The zero-order valence-electron chi connectivity index (χ0n) is 20.1. The summed E-state index contributed by atoms with van der Waals surface area (Å²) in [5.74, 6) is -3.63. The smallest absolute Gasteiger partial charge is 0.339 e. The minimum absolute atomic E-state index is 0.0436. The van der Waals surface area contributed by atoms with Crippen molar-refractivity contribution in [3.05, 3.63) is 88.0 Å². The van der Waals surface area contributed by atoms with Gasteiger partial charge < -0.3 is 14.6 Å². The van der Waals surface area contributed by atoms with Crippen LogP contribution in [0.5, 0.6) is 11.5 Å². The van der Waals surface area contributed by atoms with Crippen molar-refractivity contribution in [1.29, 1.82) is 0 Å². The van der Waals surface area contributed by atoms with Gasteiger partial charge in [0.15, 0.2) is 17.6 Å². The van der Waals surface area contributed by atoms with Gasteiger partial charge in [0.05, 0.1) is 36.6 Å². The fourth-order valence-electron chi connectivity index (χ4n) is 4.92. The molecule has 0 unspecified atom stereocenters. The number of imide groups is 1. The number of carbonyl (C=O) groups is 3. The lowest BCUT2D eigenvalue weighted by molar-refractivity contribution is -0.384. The van der Waals surface area contributed by atoms with Gasteiger partial charge in [-0.05, 0) is 35.9 Å². The number of nitrogens with zero attached hydrogens (tertiary/aromatic N) is 3. The highest BCUT2D eigenvalue weighted by atomic mass is 16.7. The van der Waals surface area contributed by atoms with Gasteiger partial charge in [-0.1, -0.05) is 24.3 Å². The largest absolute Gasteiger partial charge is 0.493 e. The Labute approximate surface area is 215 Å². The SMILES string of the molecule is COc1ccc([C@H]2[C@H]3C(=O)N(c4ccc([N+](=O)[O-])cc4)C(=O)[C@@H]3ON2c2ccccc2)c(C(=O)O)c1OC. The van der Waals surface area contributed by atoms with Crippen molar-refractivity contribution >= 4 is 34.8 Å². The number of hydroxylamine groups is 1. The Morgan fingerprint density at radius 3 is 2.21 bits per heavy atom. The number of rotatable bonds is 7. The minimum Gasteiger partial charge on any atom is -0.493 e. The van der Waals surface area contributed by atoms with Crippen LogP contribution in [0.1, 0.15) is 22.0 Å². The molecule has 2 heterocycles. The van der Waals surface area contributed by atoms with E-state index in [9.17, 15) is 29.6 Å². The predicted molar refractivity (Wildman–Crippen MR) is 132 cm³/mol. The van der Waals surface area contributed by atoms with Crippen LogP contribution in [0, 0.1) is 16.0 Å². The van der Waals surface area contributed by atoms with Crippen LogP contribution in [-0.4, -0.2) is 48.1 Å². The van der Waals surface area contributed by atoms with Crippen LogP contribution in [0.4, 0.5) is 17.1 Å². The van der Waals surface area contributed by atoms with Gasteiger partial charge in [0.25, 0.3) is 11.6 Å². The van der Waals surface area contributed by atoms with Crippen molar-refractivity contribution in [2.75, 3.05) is 24.2 Å². The van der Waals surface area contributed by atoms with E-state index in [4.69, 9.17) is 14.3 Å². The van der Waals surface area contributed by atoms with E-state index >= 15 is 0 Å². The number of non-ortho nitro benzene ring substituents is 1. The Morgan fingerprint density at radius 1 is 0.947 bits per heavy atom. The molecule has 38 heavy (non-hydrogen) atoms. The molecule has 5 rings (SSSR count). The van der Waals surface area contributed by atoms with Crippen molar-refractivity contribution in [3.63, 3.8) is 0 Å². The van der Waals surface area contributed by atoms with Gasteiger partial charge >= 0.3 is 5.97 Å². The molecule has 0 radical (unpaired) electrons. The number of carboxylic acid groups (broad SMARTS) is 1. The number of ether oxygens (including phenoxy) is 2. The van der Waals surface area contributed by atoms with Crippen LogP contribution in [0.15, 0.2) is 66.7 Å². The van der Waals surface area contributed by atoms with Gasteiger partial charge in [-0.15, -0.1) is 0 Å². The zero-order valence-corrected chi connectivity index (χ0v) is 20.1. The minimum atomic E-state index is -1.32. The topological polar surface area (TPSA) is 149 Å². The molecule has 2 saturated heterocycles. The second-order valence-electron chi connectivity index (χ2n) is 8.51. The third kappa shape index (κ3) is 3.78. The van der Waals surface area contributed by atoms with Crippen LogP contribution in [-0.2, 0) is 14.4 Å². The molecule has 0 aromatic heterocycles. The number of methoxy groups -OCH3 is 2. The molecular formula is C26H21N3O9. The first-order valence-electron chi connectivity index (χ1n) is 11.4. The summed E-state index contributed by atoms with van der Waals surface area (Å²) in [6.07, 6.45) is -1.27. The number of aromatic carboxylic acids is 1. The van der Waals surface area contributed by atoms with E-state index in [0.717, 1.165) is 4.90 Å². The molecule has 0 spiro atoms. The Morgan fingerprint density at radius 2 is 1.63 bits per heavy atom. The van der Waals surface area contributed by atoms with Crippen LogP contribution in [0.2, 0.25) is 0 Å². The van der Waals surface area contributed by atoms with Gasteiger partial charge in [0.1, 0.15) is 11.5 Å². The third-order valence-corrected chi connectivity index (χ3v) is 6.56. The normalized spacial score (nSPS) is 20.4. The molecule has 3 atom stereocenters. The van der Waals surface area contributed by atoms with E-state index in [1.165, 1.54) is 55.7 Å². The second kappa shape index (κ2) is 9.48. The molecule has 2 aliphatic rings. The number of nitro groups is 1. The van der Waals surface area contributed by atoms with Crippen molar-refractivity contribution < 1.29 is 38.7 Å². The quantitative estimate of drug-likeness (QED) is 0.280. The lowest BCUT2D eigenvalue weighted by Crippen LogP contribution is -2.37. The predicted octanol–water partition coefficient (Wildman–Crippen LogP) is 3.36. The van der Waals surface area contributed by atoms with Gasteiger partial charge in [0.2, 0.25) is 5.91 Å². The first-order chi connectivity index (χ1) is 18.3. The molecule has 0 saturated carbocycles. The Kier molecular flexibility index (Phi) is 6.17. The van der Waals surface area contributed by atoms with Gasteiger partial charge in [-0.25, -0.2) is 14.8 Å². The third-order valence-electron chi connectivity index (χ3n) is 6.56. The van der Waals surface area contributed by atoms with Gasteiger partial charge in [-0.2, -0.15) is 0 Å². The molecule has 12 heteroatoms. The van der Waals surface area contributed by atoms with E-state index in [-0.39, 0.29) is 34.0 Å². The number of anilines is 2. The van der Waals surface area contributed by atoms with Crippen molar-refractivity contribution in [1.82, 2.24) is 0 Å². The summed E-state index contributed by atoms with van der Waals surface area (Å²) in [4.78, 5) is 57.1. The van der Waals surface area contributed by atoms with Crippen LogP contribution >= 0.6 is 0 Å². The van der Waals surface area contributed by atoms with Crippen LogP contribution in [0.3, 0.4) is 0 Å². The molecule has 0 bridgehead atoms. The van der Waals surface area contributed by atoms with E-state index in [0.29, 0.717) is 5.69 Å². The number of nitro benzene ring substituents is 1. The summed E-state index contributed by atoms with van der Waals surface area (Å²) < 4.78 is 10.6. The van der Waals surface area contributed by atoms with Gasteiger partial charge in [-0.3, -0.25) is 24.5 Å². The molecule has 3 aromatic carbocycles. The molecule has 2 aliphatic heterocycles. The fourth-order valence-corrected chi connectivity index (χ4v) is 4.92. The maximum absolute atomic E-state index is 13.8. The summed E-state index contributed by atoms with van der Waals surface area (Å²) in [5, 5.41) is 22.6. The Hall–Kier alpha value is -4.97. The number of carbonyl (C=O) groups excluding carboxylic acids is 2. The van der Waals surface area contributed by atoms with E-state index < -0.39 is 40.8 Å². The van der Waals surface area contributed by atoms with Crippen LogP contribution < -0.4 is 19.4 Å². The molecule has 194 valence electrons. The Bertz CT molecular complexity index is 1440. The number of hydrogen-bond donors (Lipinski definition) is 1. The van der Waals surface area contributed by atoms with Crippen molar-refractivity contribution in [3.8, 4) is 11.5 Å². The van der Waals surface area contributed by atoms with E-state index in [2.05, 4.69) is 0 Å². The maximum Gasteiger partial charge on any atom is 0.339 e. The lowest BCUT2D eigenvalue weighted by atomic mass is 9.87. The molecule has 0 aliphatic carbocycles. The number of benzene rings is 3. The van der Waals surface area contributed by atoms with E-state index in [1.54, 1.807) is 30.3 Å². The fraction of sp³-hybridized carbons (Fsp3) is 0.192. The number of carboxylic acids is 1. The number of amides is 2. The standard InChI is InChI=1S/C26H21N3O9/c1-36-18-13-12-17(19(26(32)33)22(18)37-2)21-20-23(38-28(21)15-6-4-3-5-7-15)25(31)27(24(20)30)14-8-10-16(11-9-14)29(34)35/h3-13,20-21,23H,1-2H3,(H,32,33)/t20-,21+,23-/m1/s1. The summed E-state index contributed by atoms with van der Waals surface area (Å²) >= 11 is 0. The zero-order chi connectivity index (χ0) is 27.1. The van der Waals surface area contributed by atoms with Crippen molar-refractivity contribution in [2.24, 2.45) is 5.92 Å². The van der Waals surface area contributed by atoms with Crippen LogP contribution in [0.25, 0.3) is 0 Å². The average molecular weight is 519 g/mol. The first-order valence-corrected chi connectivity index (χ1v) is 11.4. The lowest BCUT2D eigenvalue weighted by Gasteiger charge is -2.30. The number of hydrogen-bond acceptors (Lipinski definition) is 9. The molecule has 3 aromatic rings. The summed E-state index contributed by atoms with van der Waals surface area (Å²) in [6.45, 7) is 0. The molecule has 2 amide bonds. The summed E-state index contributed by atoms with van der Waals surface area (Å²) in [5.41, 5.74) is 0.378. The van der Waals surface area contributed by atoms with E-state index in [1.807, 2.05) is 0 Å². The molecular weight excluding hydrogens is 498 g/mol. The van der Waals surface area contributed by atoms with Gasteiger partial charge in [0, 0.05) is 12.1 Å². The highest BCUT2D eigenvalue weighted by molar-refractivity contribution is 6.24. The average Bonchev–Trinajstić information content (AvgIpc) is 3.43. The van der Waals surface area contributed by atoms with Crippen molar-refractivity contribution in [2.45, 2.75) is 12.1 Å². The summed E-state index contributed by atoms with van der Waals surface area (Å²) in [6, 6.07) is 15.6. The monoisotopic (exact) mass is 519 g/mol. The highest BCUT2D eigenvalue weighted by Crippen LogP contribution is 2.50. The number of para-hydroxylation sites is 1. The maximum atomic E-state index is 13.8. The first kappa shape index (κ1) is 24.7. The summed E-state index contributed by atoms with van der Waals surface area (Å²) in [7, 11) is 2.67. The Balaban J connectivity index is 1.66. The number of fused-ring (bicyclic) bond motifs is 1. The highest BCUT2D eigenvalue weighted by Gasteiger charge is 2.61.